The Morgan fingerprint density at radius 1 is 1.30 bits per heavy atom. The second kappa shape index (κ2) is 8.88. The number of aliphatic hydroxyl groups excluding tert-OH is 1. The van der Waals surface area contributed by atoms with Gasteiger partial charge in [0.15, 0.2) is 6.10 Å². The third kappa shape index (κ3) is 4.40. The van der Waals surface area contributed by atoms with Gasteiger partial charge in [0.1, 0.15) is 24.2 Å². The Morgan fingerprint density at radius 3 is 2.78 bits per heavy atom. The van der Waals surface area contributed by atoms with E-state index in [0.29, 0.717) is 23.7 Å². The molecule has 0 aromatic heterocycles. The van der Waals surface area contributed by atoms with Gasteiger partial charge in [-0.05, 0) is 36.7 Å². The number of rotatable bonds is 7. The average Bonchev–Trinajstić information content (AvgIpc) is 2.72. The number of fused-ring (bicyclic) bond motifs is 1. The van der Waals surface area contributed by atoms with Crippen molar-refractivity contribution in [1.82, 2.24) is 5.32 Å². The first-order valence-electron chi connectivity index (χ1n) is 9.11. The van der Waals surface area contributed by atoms with Crippen LogP contribution in [0.2, 0.25) is 0 Å². The molecule has 1 aliphatic heterocycles. The van der Waals surface area contributed by atoms with E-state index in [2.05, 4.69) is 12.2 Å². The highest BCUT2D eigenvalue weighted by atomic mass is 16.6. The lowest BCUT2D eigenvalue weighted by atomic mass is 9.98. The molecule has 0 fully saturated rings. The molecular weight excluding hydrogens is 346 g/mol. The van der Waals surface area contributed by atoms with E-state index in [1.54, 1.807) is 43.5 Å². The maximum atomic E-state index is 12.6. The molecule has 3 rings (SSSR count). The van der Waals surface area contributed by atoms with Crippen LogP contribution in [0.3, 0.4) is 0 Å². The fourth-order valence-electron chi connectivity index (χ4n) is 3.09. The van der Waals surface area contributed by atoms with Crippen molar-refractivity contribution < 1.29 is 24.1 Å². The van der Waals surface area contributed by atoms with Crippen molar-refractivity contribution in [1.29, 1.82) is 0 Å². The molecule has 2 N–H and O–H groups in total. The molecule has 0 aliphatic carbocycles. The summed E-state index contributed by atoms with van der Waals surface area (Å²) in [4.78, 5) is 12.6. The monoisotopic (exact) mass is 371 g/mol. The molecule has 144 valence electrons. The van der Waals surface area contributed by atoms with Gasteiger partial charge in [-0.15, -0.1) is 0 Å². The third-order valence-electron chi connectivity index (χ3n) is 4.55. The molecule has 0 saturated carbocycles. The zero-order chi connectivity index (χ0) is 19.2. The highest BCUT2D eigenvalue weighted by Gasteiger charge is 2.35. The molecule has 3 atom stereocenters. The summed E-state index contributed by atoms with van der Waals surface area (Å²) < 4.78 is 16.9. The number of carbonyl (C=O) groups is 1. The summed E-state index contributed by atoms with van der Waals surface area (Å²) in [5.41, 5.74) is 1.22. The van der Waals surface area contributed by atoms with E-state index in [1.807, 2.05) is 12.1 Å². The van der Waals surface area contributed by atoms with E-state index in [0.717, 1.165) is 18.5 Å². The van der Waals surface area contributed by atoms with Crippen LogP contribution in [0.25, 0.3) is 0 Å². The molecule has 6 heteroatoms. The highest BCUT2D eigenvalue weighted by molar-refractivity contribution is 5.76. The molecule has 6 nitrogen and oxygen atoms in total. The lowest BCUT2D eigenvalue weighted by Crippen LogP contribution is -2.45. The molecule has 1 heterocycles. The summed E-state index contributed by atoms with van der Waals surface area (Å²) in [6, 6.07) is 14.0. The smallest absolute Gasteiger partial charge is 0.340 e. The Labute approximate surface area is 159 Å². The normalized spacial score (nSPS) is 19.5. The molecule has 0 amide bonds. The molecule has 27 heavy (non-hydrogen) atoms. The van der Waals surface area contributed by atoms with Gasteiger partial charge in [0.2, 0.25) is 0 Å². The Morgan fingerprint density at radius 2 is 2.07 bits per heavy atom. The first-order valence-corrected chi connectivity index (χ1v) is 9.11. The summed E-state index contributed by atoms with van der Waals surface area (Å²) in [5.74, 6) is 0.612. The molecule has 0 unspecified atom stereocenters. The lowest BCUT2D eigenvalue weighted by Gasteiger charge is -2.34. The molecule has 1 aliphatic rings. The number of benzene rings is 2. The number of carbonyl (C=O) groups excluding carboxylic acids is 1. The molecule has 0 spiro atoms. The van der Waals surface area contributed by atoms with E-state index in [-0.39, 0.29) is 6.04 Å². The van der Waals surface area contributed by atoms with E-state index in [1.165, 1.54) is 0 Å². The number of aliphatic hydroxyl groups is 1. The van der Waals surface area contributed by atoms with Crippen LogP contribution in [0.15, 0.2) is 48.5 Å². The van der Waals surface area contributed by atoms with Crippen LogP contribution in [-0.4, -0.2) is 37.4 Å². The van der Waals surface area contributed by atoms with Crippen LogP contribution in [0, 0.1) is 0 Å². The summed E-state index contributed by atoms with van der Waals surface area (Å²) >= 11 is 0. The topological polar surface area (TPSA) is 77.0 Å². The first kappa shape index (κ1) is 19.2. The standard InChI is InChI=1S/C21H25NO5/c1-3-11-22-17-13-26-18-10-9-15(25-2)12-16(18)20(17)27-21(24)19(23)14-7-5-4-6-8-14/h4-10,12,17,19-20,22-23H,3,11,13H2,1-2H3/t17-,19-,20-/m1/s1. The number of methoxy groups -OCH3 is 1. The van der Waals surface area contributed by atoms with Crippen molar-refractivity contribution in [2.75, 3.05) is 20.3 Å². The van der Waals surface area contributed by atoms with Crippen molar-refractivity contribution in [2.24, 2.45) is 0 Å². The van der Waals surface area contributed by atoms with Gasteiger partial charge in [0.05, 0.1) is 13.2 Å². The van der Waals surface area contributed by atoms with E-state index < -0.39 is 18.2 Å². The first-order chi connectivity index (χ1) is 13.1. The predicted molar refractivity (Wildman–Crippen MR) is 101 cm³/mol. The van der Waals surface area contributed by atoms with Gasteiger partial charge < -0.3 is 24.6 Å². The van der Waals surface area contributed by atoms with Crippen LogP contribution < -0.4 is 14.8 Å². The maximum absolute atomic E-state index is 12.6. The minimum atomic E-state index is -1.34. The number of hydrogen-bond acceptors (Lipinski definition) is 6. The Bertz CT molecular complexity index is 764. The SMILES string of the molecule is CCCN[C@@H]1COc2ccc(OC)cc2[C@H]1OC(=O)[C@H](O)c1ccccc1. The van der Waals surface area contributed by atoms with Gasteiger partial charge in [0, 0.05) is 5.56 Å². The van der Waals surface area contributed by atoms with Gasteiger partial charge in [-0.3, -0.25) is 0 Å². The molecular formula is C21H25NO5. The summed E-state index contributed by atoms with van der Waals surface area (Å²) in [5, 5.41) is 13.7. The van der Waals surface area contributed by atoms with Crippen LogP contribution in [0.5, 0.6) is 11.5 Å². The largest absolute Gasteiger partial charge is 0.497 e. The second-order valence-corrected chi connectivity index (χ2v) is 6.45. The van der Waals surface area contributed by atoms with Gasteiger partial charge in [-0.2, -0.15) is 0 Å². The van der Waals surface area contributed by atoms with Crippen LogP contribution in [0.1, 0.15) is 36.7 Å². The second-order valence-electron chi connectivity index (χ2n) is 6.45. The van der Waals surface area contributed by atoms with Crippen molar-refractivity contribution in [3.8, 4) is 11.5 Å². The van der Waals surface area contributed by atoms with E-state index >= 15 is 0 Å². The van der Waals surface area contributed by atoms with Crippen molar-refractivity contribution in [2.45, 2.75) is 31.6 Å². The maximum Gasteiger partial charge on any atom is 0.340 e. The number of ether oxygens (including phenoxy) is 3. The number of hydrogen-bond donors (Lipinski definition) is 2. The van der Waals surface area contributed by atoms with Gasteiger partial charge in [0.25, 0.3) is 0 Å². The quantitative estimate of drug-likeness (QED) is 0.729. The minimum Gasteiger partial charge on any atom is -0.497 e. The van der Waals surface area contributed by atoms with E-state index in [9.17, 15) is 9.90 Å². The predicted octanol–water partition coefficient (Wildman–Crippen LogP) is 2.77. The zero-order valence-electron chi connectivity index (χ0n) is 15.6. The lowest BCUT2D eigenvalue weighted by molar-refractivity contribution is -0.163. The Kier molecular flexibility index (Phi) is 6.32. The number of esters is 1. The minimum absolute atomic E-state index is 0.212. The zero-order valence-corrected chi connectivity index (χ0v) is 15.6. The molecule has 0 radical (unpaired) electrons. The van der Waals surface area contributed by atoms with Gasteiger partial charge >= 0.3 is 5.97 Å². The van der Waals surface area contributed by atoms with Crippen molar-refractivity contribution >= 4 is 5.97 Å². The van der Waals surface area contributed by atoms with Crippen molar-refractivity contribution in [3.05, 3.63) is 59.7 Å². The summed E-state index contributed by atoms with van der Waals surface area (Å²) in [6.07, 6.45) is -0.981. The van der Waals surface area contributed by atoms with E-state index in [4.69, 9.17) is 14.2 Å². The fourth-order valence-corrected chi connectivity index (χ4v) is 3.09. The number of nitrogens with one attached hydrogen (secondary N) is 1. The molecule has 2 aromatic rings. The van der Waals surface area contributed by atoms with Gasteiger partial charge in [-0.25, -0.2) is 4.79 Å². The van der Waals surface area contributed by atoms with Crippen LogP contribution >= 0.6 is 0 Å². The highest BCUT2D eigenvalue weighted by Crippen LogP contribution is 2.38. The third-order valence-corrected chi connectivity index (χ3v) is 4.55. The summed E-state index contributed by atoms with van der Waals surface area (Å²) in [7, 11) is 1.58. The van der Waals surface area contributed by atoms with Gasteiger partial charge in [-0.1, -0.05) is 37.3 Å². The Balaban J connectivity index is 1.85. The average molecular weight is 371 g/mol. The summed E-state index contributed by atoms with van der Waals surface area (Å²) in [6.45, 7) is 3.20. The van der Waals surface area contributed by atoms with Crippen LogP contribution in [-0.2, 0) is 9.53 Å². The van der Waals surface area contributed by atoms with Crippen LogP contribution in [0.4, 0.5) is 0 Å². The molecule has 2 aromatic carbocycles. The van der Waals surface area contributed by atoms with Crippen molar-refractivity contribution in [3.63, 3.8) is 0 Å². The Hall–Kier alpha value is -2.57. The molecule has 0 bridgehead atoms. The molecule has 0 saturated heterocycles. The fraction of sp³-hybridized carbons (Fsp3) is 0.381.